The Morgan fingerprint density at radius 3 is 3.18 bits per heavy atom. The number of carbonyl (C=O) groups excluding carboxylic acids is 1. The van der Waals surface area contributed by atoms with Crippen molar-refractivity contribution in [1.29, 1.82) is 0 Å². The first-order chi connectivity index (χ1) is 10.7. The molecule has 1 amide bonds. The lowest BCUT2D eigenvalue weighted by atomic mass is 10.1. The predicted molar refractivity (Wildman–Crippen MR) is 84.9 cm³/mol. The van der Waals surface area contributed by atoms with E-state index in [1.807, 2.05) is 6.20 Å². The van der Waals surface area contributed by atoms with Crippen LogP contribution in [0.2, 0.25) is 0 Å². The molecule has 22 heavy (non-hydrogen) atoms. The average Bonchev–Trinajstić information content (AvgIpc) is 3.08. The maximum atomic E-state index is 10.9. The van der Waals surface area contributed by atoms with Gasteiger partial charge in [0.1, 0.15) is 12.4 Å². The van der Waals surface area contributed by atoms with Gasteiger partial charge < -0.3 is 15.4 Å². The van der Waals surface area contributed by atoms with E-state index in [1.54, 1.807) is 13.1 Å². The molecule has 1 saturated carbocycles. The van der Waals surface area contributed by atoms with Gasteiger partial charge in [-0.2, -0.15) is 0 Å². The van der Waals surface area contributed by atoms with Crippen LogP contribution in [0.25, 0.3) is 0 Å². The van der Waals surface area contributed by atoms with E-state index in [0.717, 1.165) is 31.9 Å². The molecular weight excluding hydrogens is 278 g/mol. The summed E-state index contributed by atoms with van der Waals surface area (Å²) in [5.41, 5.74) is 1.27. The maximum absolute atomic E-state index is 10.9. The molecule has 2 heterocycles. The van der Waals surface area contributed by atoms with Crippen molar-refractivity contribution in [2.45, 2.75) is 44.6 Å². The number of nitrogens with one attached hydrogen (secondary N) is 2. The average molecular weight is 303 g/mol. The zero-order valence-electron chi connectivity index (χ0n) is 13.2. The molecule has 1 aliphatic heterocycles. The quantitative estimate of drug-likeness (QED) is 0.807. The van der Waals surface area contributed by atoms with Gasteiger partial charge in [-0.3, -0.25) is 9.78 Å². The van der Waals surface area contributed by atoms with Gasteiger partial charge in [-0.1, -0.05) is 0 Å². The number of aromatic nitrogens is 1. The first-order valence-corrected chi connectivity index (χ1v) is 8.28. The molecule has 5 heteroatoms. The second-order valence-electron chi connectivity index (χ2n) is 6.43. The van der Waals surface area contributed by atoms with Gasteiger partial charge in [0, 0.05) is 25.7 Å². The molecular formula is C17H25N3O2. The summed E-state index contributed by atoms with van der Waals surface area (Å²) in [7, 11) is 0. The smallest absolute Gasteiger partial charge is 0.216 e. The Hall–Kier alpha value is -1.62. The number of ether oxygens (including phenoxy) is 1. The molecule has 3 unspecified atom stereocenters. The summed E-state index contributed by atoms with van der Waals surface area (Å²) in [4.78, 5) is 15.2. The van der Waals surface area contributed by atoms with Crippen molar-refractivity contribution < 1.29 is 9.53 Å². The lowest BCUT2D eigenvalue weighted by molar-refractivity contribution is -0.118. The van der Waals surface area contributed by atoms with Gasteiger partial charge in [0.15, 0.2) is 0 Å². The highest BCUT2D eigenvalue weighted by Gasteiger charge is 2.38. The number of rotatable bonds is 7. The topological polar surface area (TPSA) is 63.2 Å². The normalized spacial score (nSPS) is 26.7. The second-order valence-corrected chi connectivity index (χ2v) is 6.43. The first kappa shape index (κ1) is 15.3. The summed E-state index contributed by atoms with van der Waals surface area (Å²) in [6, 6.07) is 2.61. The summed E-state index contributed by atoms with van der Waals surface area (Å²) in [6.45, 7) is 4.16. The molecule has 1 aromatic heterocycles. The van der Waals surface area contributed by atoms with Crippen molar-refractivity contribution in [3.63, 3.8) is 0 Å². The van der Waals surface area contributed by atoms with E-state index >= 15 is 0 Å². The Morgan fingerprint density at radius 1 is 1.50 bits per heavy atom. The second kappa shape index (κ2) is 7.09. The Bertz CT molecular complexity index is 514. The van der Waals surface area contributed by atoms with Crippen molar-refractivity contribution in [2.75, 3.05) is 19.7 Å². The van der Waals surface area contributed by atoms with Gasteiger partial charge in [-0.15, -0.1) is 0 Å². The molecule has 0 spiro atoms. The van der Waals surface area contributed by atoms with Crippen LogP contribution in [0.4, 0.5) is 0 Å². The summed E-state index contributed by atoms with van der Waals surface area (Å²) < 4.78 is 5.87. The van der Waals surface area contributed by atoms with E-state index in [1.165, 1.54) is 24.8 Å². The molecule has 1 saturated heterocycles. The maximum Gasteiger partial charge on any atom is 0.216 e. The van der Waals surface area contributed by atoms with Crippen LogP contribution in [0.15, 0.2) is 18.5 Å². The van der Waals surface area contributed by atoms with E-state index in [0.29, 0.717) is 17.9 Å². The Morgan fingerprint density at radius 2 is 2.41 bits per heavy atom. The molecule has 3 rings (SSSR count). The van der Waals surface area contributed by atoms with Gasteiger partial charge in [0.25, 0.3) is 0 Å². The number of amides is 1. The van der Waals surface area contributed by atoms with E-state index in [2.05, 4.69) is 21.7 Å². The van der Waals surface area contributed by atoms with Crippen LogP contribution in [-0.4, -0.2) is 36.6 Å². The van der Waals surface area contributed by atoms with Crippen molar-refractivity contribution in [3.8, 4) is 5.75 Å². The third kappa shape index (κ3) is 4.19. The minimum absolute atomic E-state index is 0.0507. The third-order valence-electron chi connectivity index (χ3n) is 4.59. The molecule has 5 nitrogen and oxygen atoms in total. The highest BCUT2D eigenvalue weighted by Crippen LogP contribution is 2.49. The molecule has 2 aliphatic rings. The van der Waals surface area contributed by atoms with E-state index in [-0.39, 0.29) is 5.91 Å². The number of pyridine rings is 1. The number of carbonyl (C=O) groups is 1. The summed E-state index contributed by atoms with van der Waals surface area (Å²) in [6.07, 6.45) is 8.42. The van der Waals surface area contributed by atoms with E-state index < -0.39 is 0 Å². The number of hydrogen-bond acceptors (Lipinski definition) is 4. The number of nitrogens with zero attached hydrogens (tertiary/aromatic N) is 1. The van der Waals surface area contributed by atoms with Gasteiger partial charge in [-0.25, -0.2) is 0 Å². The fraction of sp³-hybridized carbons (Fsp3) is 0.647. The van der Waals surface area contributed by atoms with Crippen LogP contribution in [-0.2, 0) is 4.79 Å². The van der Waals surface area contributed by atoms with Crippen LogP contribution >= 0.6 is 0 Å². The molecule has 0 aromatic carbocycles. The van der Waals surface area contributed by atoms with Crippen molar-refractivity contribution in [3.05, 3.63) is 24.0 Å². The van der Waals surface area contributed by atoms with E-state index in [4.69, 9.17) is 4.74 Å². The van der Waals surface area contributed by atoms with Crippen LogP contribution in [0, 0.1) is 5.92 Å². The zero-order chi connectivity index (χ0) is 15.4. The fourth-order valence-corrected chi connectivity index (χ4v) is 3.22. The Labute approximate surface area is 131 Å². The SMILES string of the molecule is CC(=O)NCCC1CC1c1cncc(OCC2CCCN2)c1. The van der Waals surface area contributed by atoms with Crippen LogP contribution < -0.4 is 15.4 Å². The highest BCUT2D eigenvalue weighted by atomic mass is 16.5. The molecule has 3 atom stereocenters. The van der Waals surface area contributed by atoms with Gasteiger partial charge in [-0.05, 0) is 55.7 Å². The third-order valence-corrected chi connectivity index (χ3v) is 4.59. The zero-order valence-corrected chi connectivity index (χ0v) is 13.2. The Kier molecular flexibility index (Phi) is 4.93. The van der Waals surface area contributed by atoms with Gasteiger partial charge in [0.2, 0.25) is 5.91 Å². The van der Waals surface area contributed by atoms with E-state index in [9.17, 15) is 4.79 Å². The largest absolute Gasteiger partial charge is 0.490 e. The molecule has 1 aromatic rings. The Balaban J connectivity index is 1.46. The summed E-state index contributed by atoms with van der Waals surface area (Å²) in [5, 5.41) is 6.30. The molecule has 1 aliphatic carbocycles. The standard InChI is InChI=1S/C17H25N3O2/c1-12(21)19-6-4-13-8-17(13)14-7-16(10-18-9-14)22-11-15-3-2-5-20-15/h7,9-10,13,15,17,20H,2-6,8,11H2,1H3,(H,19,21). The fourth-order valence-electron chi connectivity index (χ4n) is 3.22. The van der Waals surface area contributed by atoms with Gasteiger partial charge in [0.05, 0.1) is 6.20 Å². The van der Waals surface area contributed by atoms with Crippen LogP contribution in [0.1, 0.15) is 44.1 Å². The molecule has 120 valence electrons. The minimum Gasteiger partial charge on any atom is -0.490 e. The van der Waals surface area contributed by atoms with Crippen LogP contribution in [0.5, 0.6) is 5.75 Å². The lowest BCUT2D eigenvalue weighted by Crippen LogP contribution is -2.28. The molecule has 2 fully saturated rings. The lowest BCUT2D eigenvalue weighted by Gasteiger charge is -2.12. The van der Waals surface area contributed by atoms with Gasteiger partial charge >= 0.3 is 0 Å². The summed E-state index contributed by atoms with van der Waals surface area (Å²) in [5.74, 6) is 2.17. The van der Waals surface area contributed by atoms with Crippen molar-refractivity contribution in [2.24, 2.45) is 5.92 Å². The van der Waals surface area contributed by atoms with Crippen LogP contribution in [0.3, 0.4) is 0 Å². The molecule has 2 N–H and O–H groups in total. The number of hydrogen-bond donors (Lipinski definition) is 2. The minimum atomic E-state index is 0.0507. The predicted octanol–water partition coefficient (Wildman–Crippen LogP) is 1.84. The molecule has 0 radical (unpaired) electrons. The van der Waals surface area contributed by atoms with Crippen molar-refractivity contribution >= 4 is 5.91 Å². The summed E-state index contributed by atoms with van der Waals surface area (Å²) >= 11 is 0. The van der Waals surface area contributed by atoms with Crippen molar-refractivity contribution in [1.82, 2.24) is 15.6 Å². The highest BCUT2D eigenvalue weighted by molar-refractivity contribution is 5.72. The first-order valence-electron chi connectivity index (χ1n) is 8.28. The monoisotopic (exact) mass is 303 g/mol. The molecule has 0 bridgehead atoms.